The van der Waals surface area contributed by atoms with E-state index in [4.69, 9.17) is 0 Å². The summed E-state index contributed by atoms with van der Waals surface area (Å²) in [6, 6.07) is 14.5. The van der Waals surface area contributed by atoms with E-state index in [0.29, 0.717) is 19.3 Å². The molecule has 1 saturated heterocycles. The second-order valence-corrected chi connectivity index (χ2v) is 10.4. The topological polar surface area (TPSA) is 58.4 Å². The molecular formula is C29H30FN3O2. The Kier molecular flexibility index (Phi) is 5.18. The number of hydrogen-bond acceptors (Lipinski definition) is 3. The fourth-order valence-electron chi connectivity index (χ4n) is 6.35. The van der Waals surface area contributed by atoms with Crippen LogP contribution in [-0.4, -0.2) is 32.9 Å². The van der Waals surface area contributed by atoms with Crippen LogP contribution in [0.4, 0.5) is 10.1 Å². The van der Waals surface area contributed by atoms with E-state index in [2.05, 4.69) is 24.2 Å². The minimum atomic E-state index is -0.837. The second-order valence-electron chi connectivity index (χ2n) is 10.4. The Balaban J connectivity index is 1.27. The van der Waals surface area contributed by atoms with Crippen molar-refractivity contribution in [2.75, 3.05) is 11.4 Å². The molecule has 6 heteroatoms. The normalized spacial score (nSPS) is 25.5. The molecule has 3 aromatic rings. The molecule has 2 aliphatic carbocycles. The van der Waals surface area contributed by atoms with Crippen molar-refractivity contribution in [1.29, 1.82) is 0 Å². The fourth-order valence-corrected chi connectivity index (χ4v) is 6.35. The highest BCUT2D eigenvalue weighted by molar-refractivity contribution is 5.96. The maximum absolute atomic E-state index is 13.4. The number of hydrogen-bond donors (Lipinski definition) is 1. The maximum Gasteiger partial charge on any atom is 0.227 e. The molecule has 2 fully saturated rings. The summed E-state index contributed by atoms with van der Waals surface area (Å²) in [5.41, 5.74) is 5.11. The standard InChI is InChI=1S/C29H30FN3O2/c1-28-18-21-19-31-33(24-10-8-23(30)9-11-24)26(21)17-22(28)13-15-29(28,35)14-12-20-5-2-3-6-25(20)32-16-4-7-27(32)34/h2-3,5-6,8-11,17,19,35H,4,7,12-16,18H2,1H3/t28-,29-/m0/s1. The smallest absolute Gasteiger partial charge is 0.227 e. The van der Waals surface area contributed by atoms with Gasteiger partial charge in [0.05, 0.1) is 23.2 Å². The number of carbonyl (C=O) groups excluding carboxylic acids is 1. The van der Waals surface area contributed by atoms with Gasteiger partial charge in [-0.25, -0.2) is 9.07 Å². The zero-order valence-corrected chi connectivity index (χ0v) is 20.0. The van der Waals surface area contributed by atoms with E-state index in [9.17, 15) is 14.3 Å². The van der Waals surface area contributed by atoms with Crippen LogP contribution in [0, 0.1) is 11.2 Å². The molecule has 180 valence electrons. The van der Waals surface area contributed by atoms with Gasteiger partial charge in [-0.2, -0.15) is 5.10 Å². The molecule has 2 aromatic carbocycles. The number of aryl methyl sites for hydroxylation is 1. The quantitative estimate of drug-likeness (QED) is 0.554. The molecule has 35 heavy (non-hydrogen) atoms. The molecule has 2 heterocycles. The Morgan fingerprint density at radius 3 is 2.69 bits per heavy atom. The molecule has 1 aliphatic heterocycles. The van der Waals surface area contributed by atoms with Crippen molar-refractivity contribution in [2.45, 2.75) is 57.5 Å². The molecule has 1 aromatic heterocycles. The minimum absolute atomic E-state index is 0.187. The van der Waals surface area contributed by atoms with Gasteiger partial charge in [0.2, 0.25) is 5.91 Å². The van der Waals surface area contributed by atoms with E-state index in [1.807, 2.05) is 34.0 Å². The molecule has 6 rings (SSSR count). The molecule has 0 spiro atoms. The highest BCUT2D eigenvalue weighted by Crippen LogP contribution is 2.57. The Morgan fingerprint density at radius 2 is 1.91 bits per heavy atom. The molecule has 1 amide bonds. The van der Waals surface area contributed by atoms with Crippen LogP contribution in [0.3, 0.4) is 0 Å². The summed E-state index contributed by atoms with van der Waals surface area (Å²) in [5.74, 6) is -0.0792. The van der Waals surface area contributed by atoms with Crippen LogP contribution in [0.25, 0.3) is 11.8 Å². The van der Waals surface area contributed by atoms with Gasteiger partial charge in [-0.05, 0) is 86.1 Å². The molecular weight excluding hydrogens is 441 g/mol. The van der Waals surface area contributed by atoms with Crippen molar-refractivity contribution in [3.63, 3.8) is 0 Å². The molecule has 0 bridgehead atoms. The van der Waals surface area contributed by atoms with Gasteiger partial charge in [0.15, 0.2) is 0 Å². The molecule has 0 radical (unpaired) electrons. The highest BCUT2D eigenvalue weighted by atomic mass is 19.1. The van der Waals surface area contributed by atoms with Crippen molar-refractivity contribution in [1.82, 2.24) is 9.78 Å². The zero-order chi connectivity index (χ0) is 24.2. The Morgan fingerprint density at radius 1 is 1.11 bits per heavy atom. The van der Waals surface area contributed by atoms with Crippen molar-refractivity contribution in [3.05, 3.63) is 82.9 Å². The number of anilines is 1. The van der Waals surface area contributed by atoms with Gasteiger partial charge in [-0.15, -0.1) is 0 Å². The molecule has 1 saturated carbocycles. The van der Waals surface area contributed by atoms with Crippen LogP contribution in [0.2, 0.25) is 0 Å². The van der Waals surface area contributed by atoms with Crippen molar-refractivity contribution in [3.8, 4) is 5.69 Å². The number of benzene rings is 2. The SMILES string of the molecule is C[C@]12Cc3cnn(-c4ccc(F)cc4)c3C=C1CC[C@@]2(O)CCc1ccccc1N1CCCC1=O. The largest absolute Gasteiger partial charge is 0.389 e. The summed E-state index contributed by atoms with van der Waals surface area (Å²) in [6.07, 6.45) is 9.21. The third kappa shape index (κ3) is 3.54. The number of para-hydroxylation sites is 1. The fraction of sp³-hybridized carbons (Fsp3) is 0.379. The number of amides is 1. The molecule has 2 atom stereocenters. The van der Waals surface area contributed by atoms with Crippen LogP contribution in [0.5, 0.6) is 0 Å². The lowest BCUT2D eigenvalue weighted by atomic mass is 9.65. The van der Waals surface area contributed by atoms with E-state index in [-0.39, 0.29) is 17.1 Å². The average Bonchev–Trinajstić information content (AvgIpc) is 3.53. The summed E-state index contributed by atoms with van der Waals surface area (Å²) >= 11 is 0. The Hall–Kier alpha value is -3.25. The van der Waals surface area contributed by atoms with E-state index in [1.54, 1.807) is 12.1 Å². The third-order valence-electron chi connectivity index (χ3n) is 8.52. The summed E-state index contributed by atoms with van der Waals surface area (Å²) < 4.78 is 15.3. The summed E-state index contributed by atoms with van der Waals surface area (Å²) in [4.78, 5) is 14.3. The van der Waals surface area contributed by atoms with Gasteiger partial charge < -0.3 is 10.0 Å². The molecule has 1 N–H and O–H groups in total. The predicted octanol–water partition coefficient (Wildman–Crippen LogP) is 5.24. The number of fused-ring (bicyclic) bond motifs is 2. The first-order chi connectivity index (χ1) is 16.9. The van der Waals surface area contributed by atoms with E-state index >= 15 is 0 Å². The number of aliphatic hydroxyl groups is 1. The van der Waals surface area contributed by atoms with Crippen LogP contribution >= 0.6 is 0 Å². The maximum atomic E-state index is 13.4. The lowest BCUT2D eigenvalue weighted by Crippen LogP contribution is -2.45. The predicted molar refractivity (Wildman–Crippen MR) is 134 cm³/mol. The first-order valence-corrected chi connectivity index (χ1v) is 12.5. The number of aromatic nitrogens is 2. The van der Waals surface area contributed by atoms with Crippen molar-refractivity contribution in [2.24, 2.45) is 5.41 Å². The zero-order valence-electron chi connectivity index (χ0n) is 20.0. The highest BCUT2D eigenvalue weighted by Gasteiger charge is 2.54. The van der Waals surface area contributed by atoms with E-state index in [1.165, 1.54) is 17.7 Å². The van der Waals surface area contributed by atoms with Crippen LogP contribution in [0.15, 0.2) is 60.3 Å². The lowest BCUT2D eigenvalue weighted by Gasteiger charge is -2.42. The number of halogens is 1. The van der Waals surface area contributed by atoms with E-state index < -0.39 is 5.60 Å². The Labute approximate surface area is 204 Å². The molecule has 0 unspecified atom stereocenters. The number of rotatable bonds is 5. The molecule has 3 aliphatic rings. The van der Waals surface area contributed by atoms with Gasteiger partial charge in [-0.3, -0.25) is 4.79 Å². The van der Waals surface area contributed by atoms with Crippen LogP contribution in [-0.2, 0) is 17.6 Å². The van der Waals surface area contributed by atoms with Gasteiger partial charge in [-0.1, -0.05) is 30.7 Å². The van der Waals surface area contributed by atoms with E-state index in [0.717, 1.165) is 60.4 Å². The summed E-state index contributed by atoms with van der Waals surface area (Å²) in [6.45, 7) is 2.95. The number of nitrogens with zero attached hydrogens (tertiary/aromatic N) is 3. The van der Waals surface area contributed by atoms with Gasteiger partial charge >= 0.3 is 0 Å². The van der Waals surface area contributed by atoms with Crippen LogP contribution < -0.4 is 4.90 Å². The monoisotopic (exact) mass is 471 g/mol. The molecule has 5 nitrogen and oxygen atoms in total. The van der Waals surface area contributed by atoms with Crippen molar-refractivity contribution < 1.29 is 14.3 Å². The second kappa shape index (κ2) is 8.16. The van der Waals surface area contributed by atoms with Crippen LogP contribution in [0.1, 0.15) is 55.8 Å². The Bertz CT molecular complexity index is 1330. The average molecular weight is 472 g/mol. The summed E-state index contributed by atoms with van der Waals surface area (Å²) in [5, 5.41) is 16.6. The third-order valence-corrected chi connectivity index (χ3v) is 8.52. The summed E-state index contributed by atoms with van der Waals surface area (Å²) in [7, 11) is 0. The minimum Gasteiger partial charge on any atom is -0.389 e. The van der Waals surface area contributed by atoms with Crippen molar-refractivity contribution >= 4 is 17.7 Å². The van der Waals surface area contributed by atoms with Gasteiger partial charge in [0, 0.05) is 24.1 Å². The first-order valence-electron chi connectivity index (χ1n) is 12.5. The first kappa shape index (κ1) is 22.2. The number of carbonyl (C=O) groups is 1. The van der Waals surface area contributed by atoms with Gasteiger partial charge in [0.25, 0.3) is 0 Å². The lowest BCUT2D eigenvalue weighted by molar-refractivity contribution is -0.117. The van der Waals surface area contributed by atoms with Gasteiger partial charge in [0.1, 0.15) is 5.82 Å².